The third-order valence-electron chi connectivity index (χ3n) is 4.84. The van der Waals surface area contributed by atoms with Crippen LogP contribution >= 0.6 is 0 Å². The summed E-state index contributed by atoms with van der Waals surface area (Å²) < 4.78 is 60.1. The Morgan fingerprint density at radius 1 is 0.794 bits per heavy atom. The molecule has 3 aromatic rings. The maximum absolute atomic E-state index is 13.6. The smallest absolute Gasteiger partial charge is 0.277 e. The molecule has 0 spiro atoms. The Morgan fingerprint density at radius 3 is 1.68 bits per heavy atom. The van der Waals surface area contributed by atoms with Crippen molar-refractivity contribution in [3.63, 3.8) is 0 Å². The van der Waals surface area contributed by atoms with Gasteiger partial charge in [-0.05, 0) is 36.4 Å². The first-order valence-electron chi connectivity index (χ1n) is 10.3. The second-order valence-corrected chi connectivity index (χ2v) is 12.2. The summed E-state index contributed by atoms with van der Waals surface area (Å²) in [7, 11) is -7.74. The topological polar surface area (TPSA) is 110 Å². The monoisotopic (exact) mass is 502 g/mol. The maximum atomic E-state index is 13.6. The number of hydrogen-bond donors (Lipinski definition) is 1. The molecule has 34 heavy (non-hydrogen) atoms. The molecule has 0 saturated carbocycles. The molecular formula is C24H26N2O6S2. The van der Waals surface area contributed by atoms with Gasteiger partial charge in [-0.15, -0.1) is 0 Å². The Hall–Kier alpha value is -3.37. The van der Waals surface area contributed by atoms with Crippen LogP contribution < -0.4 is 13.8 Å². The third kappa shape index (κ3) is 5.07. The van der Waals surface area contributed by atoms with Gasteiger partial charge in [0.15, 0.2) is 0 Å². The zero-order valence-corrected chi connectivity index (χ0v) is 20.9. The van der Waals surface area contributed by atoms with Crippen LogP contribution in [0.1, 0.15) is 20.8 Å². The van der Waals surface area contributed by atoms with Gasteiger partial charge in [-0.3, -0.25) is 4.79 Å². The van der Waals surface area contributed by atoms with Gasteiger partial charge in [0.25, 0.3) is 20.0 Å². The lowest BCUT2D eigenvalue weighted by molar-refractivity contribution is -0.123. The van der Waals surface area contributed by atoms with E-state index in [9.17, 15) is 21.6 Å². The van der Waals surface area contributed by atoms with Gasteiger partial charge in [0, 0.05) is 11.5 Å². The van der Waals surface area contributed by atoms with E-state index >= 15 is 0 Å². The van der Waals surface area contributed by atoms with Gasteiger partial charge < -0.3 is 10.1 Å². The lowest BCUT2D eigenvalue weighted by Gasteiger charge is -2.25. The molecule has 0 atom stereocenters. The Bertz CT molecular complexity index is 1310. The minimum absolute atomic E-state index is 0.103. The molecule has 0 bridgehead atoms. The predicted octanol–water partition coefficient (Wildman–Crippen LogP) is 4.26. The zero-order chi connectivity index (χ0) is 25.1. The summed E-state index contributed by atoms with van der Waals surface area (Å²) in [6.07, 6.45) is 0. The predicted molar refractivity (Wildman–Crippen MR) is 131 cm³/mol. The molecule has 0 fully saturated rings. The maximum Gasteiger partial charge on any atom is 0.277 e. The molecule has 0 aromatic heterocycles. The lowest BCUT2D eigenvalue weighted by Crippen LogP contribution is -2.37. The SMILES string of the molecule is COc1cc(N(S(=O)(=O)c2ccccc2)S(=O)(=O)c2ccccc2)ccc1NC(=O)C(C)(C)C. The van der Waals surface area contributed by atoms with Crippen LogP contribution in [-0.2, 0) is 24.8 Å². The first-order valence-corrected chi connectivity index (χ1v) is 13.2. The lowest BCUT2D eigenvalue weighted by atomic mass is 9.95. The van der Waals surface area contributed by atoms with E-state index in [4.69, 9.17) is 4.74 Å². The number of benzene rings is 3. The standard InChI is InChI=1S/C24H26N2O6S2/c1-24(2,3)23(27)25-21-16-15-18(17-22(21)32-4)26(33(28,29)19-11-7-5-8-12-19)34(30,31)20-13-9-6-10-14-20/h5-17H,1-4H3,(H,25,27). The molecule has 0 radical (unpaired) electrons. The second kappa shape index (κ2) is 9.47. The van der Waals surface area contributed by atoms with Crippen molar-refractivity contribution in [2.45, 2.75) is 30.6 Å². The van der Waals surface area contributed by atoms with Crippen molar-refractivity contribution in [2.75, 3.05) is 16.1 Å². The van der Waals surface area contributed by atoms with E-state index in [0.717, 1.165) is 0 Å². The summed E-state index contributed by atoms with van der Waals surface area (Å²) in [6.45, 7) is 5.22. The van der Waals surface area contributed by atoms with Crippen LogP contribution in [0.15, 0.2) is 88.7 Å². The van der Waals surface area contributed by atoms with E-state index in [1.54, 1.807) is 32.9 Å². The highest BCUT2D eigenvalue weighted by atomic mass is 32.3. The number of carbonyl (C=O) groups is 1. The van der Waals surface area contributed by atoms with E-state index in [2.05, 4.69) is 5.32 Å². The number of amides is 1. The minimum Gasteiger partial charge on any atom is -0.494 e. The molecule has 180 valence electrons. The number of nitrogens with zero attached hydrogens (tertiary/aromatic N) is 1. The summed E-state index contributed by atoms with van der Waals surface area (Å²) in [4.78, 5) is 12.0. The quantitative estimate of drug-likeness (QED) is 0.517. The van der Waals surface area contributed by atoms with Crippen LogP contribution in [0.5, 0.6) is 5.75 Å². The Kier molecular flexibility index (Phi) is 7.04. The van der Waals surface area contributed by atoms with Gasteiger partial charge >= 0.3 is 0 Å². The highest BCUT2D eigenvalue weighted by Gasteiger charge is 2.37. The molecule has 0 unspecified atom stereocenters. The highest BCUT2D eigenvalue weighted by molar-refractivity contribution is 8.10. The van der Waals surface area contributed by atoms with E-state index < -0.39 is 25.5 Å². The molecule has 1 amide bonds. The molecule has 0 saturated heterocycles. The largest absolute Gasteiger partial charge is 0.494 e. The fraction of sp³-hybridized carbons (Fsp3) is 0.208. The Labute approximate surface area is 200 Å². The van der Waals surface area contributed by atoms with Crippen molar-refractivity contribution in [3.8, 4) is 5.75 Å². The molecule has 10 heteroatoms. The molecule has 0 aliphatic heterocycles. The first kappa shape index (κ1) is 25.3. The fourth-order valence-corrected chi connectivity index (χ4v) is 6.71. The van der Waals surface area contributed by atoms with Crippen molar-refractivity contribution >= 4 is 37.3 Å². The van der Waals surface area contributed by atoms with Crippen LogP contribution in [0.3, 0.4) is 0 Å². The highest BCUT2D eigenvalue weighted by Crippen LogP contribution is 2.36. The van der Waals surface area contributed by atoms with Gasteiger partial charge in [-0.1, -0.05) is 57.2 Å². The van der Waals surface area contributed by atoms with Gasteiger partial charge in [0.1, 0.15) is 5.75 Å². The first-order chi connectivity index (χ1) is 15.9. The van der Waals surface area contributed by atoms with Crippen molar-refractivity contribution in [1.82, 2.24) is 0 Å². The number of hydrogen-bond acceptors (Lipinski definition) is 6. The molecule has 0 aliphatic carbocycles. The summed E-state index contributed by atoms with van der Waals surface area (Å²) in [5.41, 5.74) is -0.582. The fourth-order valence-electron chi connectivity index (χ4n) is 2.99. The third-order valence-corrected chi connectivity index (χ3v) is 9.05. The molecule has 3 rings (SSSR count). The van der Waals surface area contributed by atoms with Crippen molar-refractivity contribution in [1.29, 1.82) is 0 Å². The summed E-state index contributed by atoms with van der Waals surface area (Å²) in [5, 5.41) is 2.73. The van der Waals surface area contributed by atoms with Crippen LogP contribution in [0.25, 0.3) is 0 Å². The van der Waals surface area contributed by atoms with Gasteiger partial charge in [-0.25, -0.2) is 16.8 Å². The summed E-state index contributed by atoms with van der Waals surface area (Å²) in [5.74, 6) is -0.184. The van der Waals surface area contributed by atoms with Crippen molar-refractivity contribution in [3.05, 3.63) is 78.9 Å². The van der Waals surface area contributed by atoms with Gasteiger partial charge in [0.05, 0.1) is 28.3 Å². The summed E-state index contributed by atoms with van der Waals surface area (Å²) in [6, 6.07) is 18.5. The van der Waals surface area contributed by atoms with E-state index in [1.165, 1.54) is 73.8 Å². The number of rotatable bonds is 7. The van der Waals surface area contributed by atoms with E-state index in [-0.39, 0.29) is 32.8 Å². The van der Waals surface area contributed by atoms with Crippen LogP contribution in [0, 0.1) is 5.41 Å². The summed E-state index contributed by atoms with van der Waals surface area (Å²) >= 11 is 0. The van der Waals surface area contributed by atoms with Crippen LogP contribution in [0.2, 0.25) is 0 Å². The Morgan fingerprint density at radius 2 is 1.26 bits per heavy atom. The van der Waals surface area contributed by atoms with Crippen LogP contribution in [-0.4, -0.2) is 29.9 Å². The zero-order valence-electron chi connectivity index (χ0n) is 19.2. The molecule has 0 aliphatic rings. The molecule has 8 nitrogen and oxygen atoms in total. The van der Waals surface area contributed by atoms with E-state index in [0.29, 0.717) is 3.71 Å². The van der Waals surface area contributed by atoms with Crippen molar-refractivity contribution < 1.29 is 26.4 Å². The van der Waals surface area contributed by atoms with Gasteiger partial charge in [-0.2, -0.15) is 3.71 Å². The molecular weight excluding hydrogens is 476 g/mol. The molecule has 1 N–H and O–H groups in total. The average molecular weight is 503 g/mol. The van der Waals surface area contributed by atoms with Gasteiger partial charge in [0.2, 0.25) is 5.91 Å². The number of ether oxygens (including phenoxy) is 1. The van der Waals surface area contributed by atoms with Crippen molar-refractivity contribution in [2.24, 2.45) is 5.41 Å². The normalized spacial score (nSPS) is 12.1. The average Bonchev–Trinajstić information content (AvgIpc) is 2.80. The van der Waals surface area contributed by atoms with Crippen LogP contribution in [0.4, 0.5) is 11.4 Å². The Balaban J connectivity index is 2.21. The number of carbonyl (C=O) groups excluding carboxylic acids is 1. The second-order valence-electron chi connectivity index (χ2n) is 8.42. The number of nitrogens with one attached hydrogen (secondary N) is 1. The molecule has 3 aromatic carbocycles. The number of methoxy groups -OCH3 is 1. The number of sulfonamides is 2. The minimum atomic E-state index is -4.54. The van der Waals surface area contributed by atoms with E-state index in [1.807, 2.05) is 0 Å². The molecule has 0 heterocycles. The number of anilines is 2.